The Labute approximate surface area is 118 Å². The van der Waals surface area contributed by atoms with Gasteiger partial charge in [0, 0.05) is 31.4 Å². The summed E-state index contributed by atoms with van der Waals surface area (Å²) in [4.78, 5) is 11.4. The Balaban J connectivity index is 1.72. The Bertz CT molecular complexity index is 592. The second kappa shape index (κ2) is 5.54. The monoisotopic (exact) mass is 273 g/mol. The summed E-state index contributed by atoms with van der Waals surface area (Å²) in [5, 5.41) is 11.3. The highest BCUT2D eigenvalue weighted by molar-refractivity contribution is 5.35. The van der Waals surface area contributed by atoms with Gasteiger partial charge in [-0.25, -0.2) is 9.97 Å². The number of rotatable bonds is 4. The molecule has 0 saturated heterocycles. The standard InChI is InChI=1S/C13H19N7/c1-3-14-11-6-10(2)16-12(17-11)7-19-4-5-20-9-15-18-13(20)8-19/h6,9H,3-5,7-8H2,1-2H3,(H,14,16,17). The van der Waals surface area contributed by atoms with Gasteiger partial charge in [0.25, 0.3) is 0 Å². The quantitative estimate of drug-likeness (QED) is 0.889. The van der Waals surface area contributed by atoms with Gasteiger partial charge in [0.2, 0.25) is 0 Å². The molecule has 0 aromatic carbocycles. The lowest BCUT2D eigenvalue weighted by Crippen LogP contribution is -2.33. The number of nitrogens with one attached hydrogen (secondary N) is 1. The number of aryl methyl sites for hydroxylation is 1. The lowest BCUT2D eigenvalue weighted by Gasteiger charge is -2.26. The highest BCUT2D eigenvalue weighted by Gasteiger charge is 2.18. The zero-order chi connectivity index (χ0) is 13.9. The van der Waals surface area contributed by atoms with Crippen molar-refractivity contribution in [2.24, 2.45) is 0 Å². The molecule has 0 unspecified atom stereocenters. The number of nitrogens with zero attached hydrogens (tertiary/aromatic N) is 6. The van der Waals surface area contributed by atoms with E-state index in [4.69, 9.17) is 0 Å². The molecule has 1 N–H and O–H groups in total. The molecule has 7 heteroatoms. The molecule has 20 heavy (non-hydrogen) atoms. The van der Waals surface area contributed by atoms with E-state index < -0.39 is 0 Å². The molecule has 2 aromatic heterocycles. The third-order valence-electron chi connectivity index (χ3n) is 3.34. The summed E-state index contributed by atoms with van der Waals surface area (Å²) in [7, 11) is 0. The van der Waals surface area contributed by atoms with Crippen LogP contribution >= 0.6 is 0 Å². The summed E-state index contributed by atoms with van der Waals surface area (Å²) in [6.07, 6.45) is 1.79. The summed E-state index contributed by atoms with van der Waals surface area (Å²) in [6.45, 7) is 8.37. The fraction of sp³-hybridized carbons (Fsp3) is 0.538. The van der Waals surface area contributed by atoms with Gasteiger partial charge in [-0.15, -0.1) is 10.2 Å². The van der Waals surface area contributed by atoms with E-state index in [1.165, 1.54) is 0 Å². The molecule has 0 amide bonds. The van der Waals surface area contributed by atoms with Crippen LogP contribution in [0.4, 0.5) is 5.82 Å². The van der Waals surface area contributed by atoms with Crippen LogP contribution in [0.3, 0.4) is 0 Å². The van der Waals surface area contributed by atoms with Gasteiger partial charge in [-0.05, 0) is 13.8 Å². The van der Waals surface area contributed by atoms with E-state index in [1.807, 2.05) is 13.0 Å². The SMILES string of the molecule is CCNc1cc(C)nc(CN2CCn3cnnc3C2)n1. The molecule has 0 fully saturated rings. The van der Waals surface area contributed by atoms with E-state index in [1.54, 1.807) is 6.33 Å². The van der Waals surface area contributed by atoms with Crippen molar-refractivity contribution in [3.8, 4) is 0 Å². The molecule has 1 aliphatic rings. The van der Waals surface area contributed by atoms with E-state index in [0.717, 1.165) is 55.9 Å². The van der Waals surface area contributed by atoms with Gasteiger partial charge >= 0.3 is 0 Å². The predicted octanol–water partition coefficient (Wildman–Crippen LogP) is 0.824. The first kappa shape index (κ1) is 13.0. The molecule has 0 aliphatic carbocycles. The van der Waals surface area contributed by atoms with E-state index >= 15 is 0 Å². The summed E-state index contributed by atoms with van der Waals surface area (Å²) in [5.74, 6) is 2.76. The molecular formula is C13H19N7. The lowest BCUT2D eigenvalue weighted by atomic mass is 10.3. The molecule has 0 radical (unpaired) electrons. The molecule has 3 rings (SSSR count). The van der Waals surface area contributed by atoms with Crippen molar-refractivity contribution in [2.45, 2.75) is 33.5 Å². The third kappa shape index (κ3) is 2.77. The molecule has 106 valence electrons. The first-order valence-corrected chi connectivity index (χ1v) is 6.92. The minimum Gasteiger partial charge on any atom is -0.370 e. The Morgan fingerprint density at radius 3 is 3.05 bits per heavy atom. The van der Waals surface area contributed by atoms with Crippen molar-refractivity contribution in [2.75, 3.05) is 18.4 Å². The average Bonchev–Trinajstić information content (AvgIpc) is 2.85. The molecule has 1 aliphatic heterocycles. The average molecular weight is 273 g/mol. The molecule has 0 atom stereocenters. The number of hydrogen-bond acceptors (Lipinski definition) is 6. The van der Waals surface area contributed by atoms with Gasteiger partial charge in [-0.2, -0.15) is 0 Å². The number of fused-ring (bicyclic) bond motifs is 1. The number of hydrogen-bond donors (Lipinski definition) is 1. The minimum absolute atomic E-state index is 0.743. The van der Waals surface area contributed by atoms with E-state index in [-0.39, 0.29) is 0 Å². The Kier molecular flexibility index (Phi) is 3.60. The van der Waals surface area contributed by atoms with Crippen LogP contribution in [0.2, 0.25) is 0 Å². The van der Waals surface area contributed by atoms with Crippen LogP contribution in [0.15, 0.2) is 12.4 Å². The zero-order valence-electron chi connectivity index (χ0n) is 11.9. The van der Waals surface area contributed by atoms with Crippen LogP contribution in [-0.2, 0) is 19.6 Å². The smallest absolute Gasteiger partial charge is 0.147 e. The maximum Gasteiger partial charge on any atom is 0.147 e. The van der Waals surface area contributed by atoms with Gasteiger partial charge in [0.15, 0.2) is 0 Å². The van der Waals surface area contributed by atoms with Crippen LogP contribution < -0.4 is 5.32 Å². The van der Waals surface area contributed by atoms with Crippen LogP contribution in [-0.4, -0.2) is 42.7 Å². The van der Waals surface area contributed by atoms with Crippen LogP contribution in [0.5, 0.6) is 0 Å². The summed E-state index contributed by atoms with van der Waals surface area (Å²) < 4.78 is 2.09. The number of aromatic nitrogens is 5. The summed E-state index contributed by atoms with van der Waals surface area (Å²) in [5.41, 5.74) is 0.992. The largest absolute Gasteiger partial charge is 0.370 e. The van der Waals surface area contributed by atoms with Crippen molar-refractivity contribution in [1.82, 2.24) is 29.6 Å². The highest BCUT2D eigenvalue weighted by Crippen LogP contribution is 2.13. The maximum atomic E-state index is 4.55. The van der Waals surface area contributed by atoms with Crippen molar-refractivity contribution in [3.63, 3.8) is 0 Å². The van der Waals surface area contributed by atoms with Crippen LogP contribution in [0, 0.1) is 6.92 Å². The first-order chi connectivity index (χ1) is 9.74. The van der Waals surface area contributed by atoms with Gasteiger partial charge in [-0.1, -0.05) is 0 Å². The topological polar surface area (TPSA) is 71.8 Å². The summed E-state index contributed by atoms with van der Waals surface area (Å²) in [6, 6.07) is 1.97. The maximum absolute atomic E-state index is 4.55. The van der Waals surface area contributed by atoms with E-state index in [9.17, 15) is 0 Å². The predicted molar refractivity (Wildman–Crippen MR) is 75.1 cm³/mol. The first-order valence-electron chi connectivity index (χ1n) is 6.92. The van der Waals surface area contributed by atoms with Crippen LogP contribution in [0.1, 0.15) is 24.3 Å². The van der Waals surface area contributed by atoms with Crippen molar-refractivity contribution < 1.29 is 0 Å². The third-order valence-corrected chi connectivity index (χ3v) is 3.34. The Morgan fingerprint density at radius 2 is 2.20 bits per heavy atom. The number of anilines is 1. The van der Waals surface area contributed by atoms with E-state index in [0.29, 0.717) is 0 Å². The molecule has 0 spiro atoms. The van der Waals surface area contributed by atoms with Gasteiger partial charge in [0.1, 0.15) is 23.8 Å². The lowest BCUT2D eigenvalue weighted by molar-refractivity contribution is 0.204. The van der Waals surface area contributed by atoms with Crippen molar-refractivity contribution in [3.05, 3.63) is 29.7 Å². The highest BCUT2D eigenvalue weighted by atomic mass is 15.3. The molecule has 0 saturated carbocycles. The Hall–Kier alpha value is -2.02. The summed E-state index contributed by atoms with van der Waals surface area (Å²) >= 11 is 0. The fourth-order valence-corrected chi connectivity index (χ4v) is 2.42. The van der Waals surface area contributed by atoms with Gasteiger partial charge < -0.3 is 9.88 Å². The zero-order valence-corrected chi connectivity index (χ0v) is 11.9. The van der Waals surface area contributed by atoms with Crippen molar-refractivity contribution in [1.29, 1.82) is 0 Å². The molecule has 0 bridgehead atoms. The molecule has 7 nitrogen and oxygen atoms in total. The molecule has 3 heterocycles. The normalized spacial score (nSPS) is 15.1. The Morgan fingerprint density at radius 1 is 1.30 bits per heavy atom. The minimum atomic E-state index is 0.743. The second-order valence-electron chi connectivity index (χ2n) is 4.99. The molecule has 2 aromatic rings. The second-order valence-corrected chi connectivity index (χ2v) is 4.99. The fourth-order valence-electron chi connectivity index (χ4n) is 2.42. The van der Waals surface area contributed by atoms with E-state index in [2.05, 4.69) is 41.9 Å². The van der Waals surface area contributed by atoms with Crippen LogP contribution in [0.25, 0.3) is 0 Å². The molecular weight excluding hydrogens is 254 g/mol. The van der Waals surface area contributed by atoms with Gasteiger partial charge in [-0.3, -0.25) is 4.90 Å². The van der Waals surface area contributed by atoms with Gasteiger partial charge in [0.05, 0.1) is 13.1 Å². The van der Waals surface area contributed by atoms with Crippen molar-refractivity contribution >= 4 is 5.82 Å².